The molecule has 0 aromatic heterocycles. The van der Waals surface area contributed by atoms with Crippen LogP contribution in [0.3, 0.4) is 0 Å². The summed E-state index contributed by atoms with van der Waals surface area (Å²) >= 11 is 0. The van der Waals surface area contributed by atoms with Crippen molar-refractivity contribution in [2.75, 3.05) is 20.3 Å². The van der Waals surface area contributed by atoms with E-state index in [0.717, 1.165) is 16.9 Å². The van der Waals surface area contributed by atoms with E-state index in [1.165, 1.54) is 0 Å². The summed E-state index contributed by atoms with van der Waals surface area (Å²) in [5.74, 6) is 0.619. The van der Waals surface area contributed by atoms with Crippen molar-refractivity contribution in [2.24, 2.45) is 11.1 Å². The molecule has 0 saturated heterocycles. The number of rotatable bonds is 4. The molecule has 18 heavy (non-hydrogen) atoms. The molecule has 0 fully saturated rings. The van der Waals surface area contributed by atoms with Crippen LogP contribution in [0.15, 0.2) is 18.2 Å². The van der Waals surface area contributed by atoms with Crippen molar-refractivity contribution >= 4 is 5.97 Å². The smallest absolute Gasteiger partial charge is 0.314 e. The molecule has 4 heteroatoms. The summed E-state index contributed by atoms with van der Waals surface area (Å²) < 4.78 is 10.4. The van der Waals surface area contributed by atoms with Crippen LogP contribution in [0.1, 0.15) is 18.1 Å². The number of hydrogen-bond acceptors (Lipinski definition) is 4. The van der Waals surface area contributed by atoms with Crippen LogP contribution >= 0.6 is 0 Å². The summed E-state index contributed by atoms with van der Waals surface area (Å²) in [6.07, 6.45) is 1.29. The van der Waals surface area contributed by atoms with Gasteiger partial charge in [0.15, 0.2) is 0 Å². The first-order valence-electron chi connectivity index (χ1n) is 6.18. The number of fused-ring (bicyclic) bond motifs is 1. The molecule has 2 N–H and O–H groups in total. The van der Waals surface area contributed by atoms with Crippen molar-refractivity contribution in [3.63, 3.8) is 0 Å². The lowest BCUT2D eigenvalue weighted by atomic mass is 9.85. The fraction of sp³-hybridized carbons (Fsp3) is 0.500. The molecule has 1 aliphatic carbocycles. The third kappa shape index (κ3) is 2.08. The zero-order valence-electron chi connectivity index (χ0n) is 10.9. The van der Waals surface area contributed by atoms with Crippen molar-refractivity contribution in [1.82, 2.24) is 0 Å². The third-order valence-corrected chi connectivity index (χ3v) is 3.57. The van der Waals surface area contributed by atoms with Gasteiger partial charge < -0.3 is 15.2 Å². The van der Waals surface area contributed by atoms with E-state index in [1.807, 2.05) is 25.1 Å². The fourth-order valence-electron chi connectivity index (χ4n) is 2.51. The van der Waals surface area contributed by atoms with Gasteiger partial charge in [-0.05, 0) is 43.0 Å². The third-order valence-electron chi connectivity index (χ3n) is 3.57. The van der Waals surface area contributed by atoms with Gasteiger partial charge >= 0.3 is 5.97 Å². The van der Waals surface area contributed by atoms with E-state index in [1.54, 1.807) is 7.11 Å². The van der Waals surface area contributed by atoms with E-state index >= 15 is 0 Å². The number of carbonyl (C=O) groups excluding carboxylic acids is 1. The fourth-order valence-corrected chi connectivity index (χ4v) is 2.51. The minimum Gasteiger partial charge on any atom is -0.497 e. The van der Waals surface area contributed by atoms with Crippen LogP contribution in [0, 0.1) is 5.41 Å². The molecule has 0 bridgehead atoms. The van der Waals surface area contributed by atoms with Crippen LogP contribution in [0.5, 0.6) is 5.75 Å². The molecular weight excluding hydrogens is 230 g/mol. The normalized spacial score (nSPS) is 21.5. The van der Waals surface area contributed by atoms with Crippen LogP contribution in [0.4, 0.5) is 0 Å². The van der Waals surface area contributed by atoms with Gasteiger partial charge in [0.25, 0.3) is 0 Å². The number of methoxy groups -OCH3 is 1. The van der Waals surface area contributed by atoms with Crippen LogP contribution in [-0.4, -0.2) is 26.2 Å². The van der Waals surface area contributed by atoms with E-state index in [4.69, 9.17) is 15.2 Å². The Bertz CT molecular complexity index is 458. The van der Waals surface area contributed by atoms with E-state index in [2.05, 4.69) is 0 Å². The standard InChI is InChI=1S/C14H19NO3/c1-3-18-13(16)14(9-15)7-10-4-5-12(17-2)6-11(10)8-14/h4-6H,3,7-9,15H2,1-2H3. The maximum Gasteiger partial charge on any atom is 0.314 e. The second-order valence-electron chi connectivity index (χ2n) is 4.69. The molecule has 0 radical (unpaired) electrons. The van der Waals surface area contributed by atoms with Gasteiger partial charge in [0.1, 0.15) is 5.75 Å². The van der Waals surface area contributed by atoms with Crippen LogP contribution in [0.2, 0.25) is 0 Å². The number of hydrogen-bond donors (Lipinski definition) is 1. The Morgan fingerprint density at radius 3 is 2.72 bits per heavy atom. The van der Waals surface area contributed by atoms with Gasteiger partial charge in [-0.15, -0.1) is 0 Å². The van der Waals surface area contributed by atoms with Gasteiger partial charge in [-0.3, -0.25) is 4.79 Å². The lowest BCUT2D eigenvalue weighted by molar-refractivity contribution is -0.154. The Morgan fingerprint density at radius 1 is 1.39 bits per heavy atom. The molecule has 1 atom stereocenters. The Morgan fingerprint density at radius 2 is 2.11 bits per heavy atom. The highest BCUT2D eigenvalue weighted by Gasteiger charge is 2.44. The van der Waals surface area contributed by atoms with E-state index in [0.29, 0.717) is 26.0 Å². The van der Waals surface area contributed by atoms with Gasteiger partial charge in [0, 0.05) is 6.54 Å². The Labute approximate surface area is 107 Å². The molecule has 1 unspecified atom stereocenters. The molecule has 0 spiro atoms. The number of esters is 1. The van der Waals surface area contributed by atoms with Gasteiger partial charge in [-0.25, -0.2) is 0 Å². The van der Waals surface area contributed by atoms with E-state index in [-0.39, 0.29) is 5.97 Å². The van der Waals surface area contributed by atoms with Crippen LogP contribution in [0.25, 0.3) is 0 Å². The Balaban J connectivity index is 2.27. The van der Waals surface area contributed by atoms with E-state index in [9.17, 15) is 4.79 Å². The highest BCUT2D eigenvalue weighted by atomic mass is 16.5. The second kappa shape index (κ2) is 4.98. The minimum absolute atomic E-state index is 0.192. The summed E-state index contributed by atoms with van der Waals surface area (Å²) in [6, 6.07) is 5.90. The summed E-state index contributed by atoms with van der Waals surface area (Å²) in [7, 11) is 1.64. The Kier molecular flexibility index (Phi) is 3.57. The maximum atomic E-state index is 12.1. The lowest BCUT2D eigenvalue weighted by Crippen LogP contribution is -2.40. The largest absolute Gasteiger partial charge is 0.497 e. The second-order valence-corrected chi connectivity index (χ2v) is 4.69. The topological polar surface area (TPSA) is 61.5 Å². The summed E-state index contributed by atoms with van der Waals surface area (Å²) in [6.45, 7) is 2.51. The highest BCUT2D eigenvalue weighted by Crippen LogP contribution is 2.38. The van der Waals surface area contributed by atoms with Crippen molar-refractivity contribution in [3.8, 4) is 5.75 Å². The van der Waals surface area contributed by atoms with Crippen molar-refractivity contribution in [2.45, 2.75) is 19.8 Å². The predicted molar refractivity (Wildman–Crippen MR) is 68.5 cm³/mol. The average Bonchev–Trinajstić information content (AvgIpc) is 2.77. The SMILES string of the molecule is CCOC(=O)C1(CN)Cc2ccc(OC)cc2C1. The Hall–Kier alpha value is -1.55. The first-order valence-corrected chi connectivity index (χ1v) is 6.18. The molecule has 0 amide bonds. The quantitative estimate of drug-likeness (QED) is 0.817. The average molecular weight is 249 g/mol. The molecule has 1 aromatic rings. The van der Waals surface area contributed by atoms with Crippen LogP contribution < -0.4 is 10.5 Å². The van der Waals surface area contributed by atoms with Crippen LogP contribution in [-0.2, 0) is 22.4 Å². The molecule has 2 rings (SSSR count). The van der Waals surface area contributed by atoms with E-state index < -0.39 is 5.41 Å². The van der Waals surface area contributed by atoms with Gasteiger partial charge in [0.05, 0.1) is 19.1 Å². The van der Waals surface area contributed by atoms with Crippen molar-refractivity contribution in [3.05, 3.63) is 29.3 Å². The number of benzene rings is 1. The van der Waals surface area contributed by atoms with Gasteiger partial charge in [0.2, 0.25) is 0 Å². The summed E-state index contributed by atoms with van der Waals surface area (Å²) in [5, 5.41) is 0. The molecule has 1 aliphatic rings. The minimum atomic E-state index is -0.593. The zero-order valence-corrected chi connectivity index (χ0v) is 10.9. The van der Waals surface area contributed by atoms with Gasteiger partial charge in [-0.2, -0.15) is 0 Å². The van der Waals surface area contributed by atoms with Crippen molar-refractivity contribution in [1.29, 1.82) is 0 Å². The first kappa shape index (κ1) is 12.9. The molecule has 0 saturated carbocycles. The van der Waals surface area contributed by atoms with Crippen molar-refractivity contribution < 1.29 is 14.3 Å². The summed E-state index contributed by atoms with van der Waals surface area (Å²) in [5.41, 5.74) is 7.52. The molecule has 1 aromatic carbocycles. The molecule has 4 nitrogen and oxygen atoms in total. The zero-order chi connectivity index (χ0) is 13.2. The maximum absolute atomic E-state index is 12.1. The monoisotopic (exact) mass is 249 g/mol. The first-order chi connectivity index (χ1) is 8.65. The predicted octanol–water partition coefficient (Wildman–Crippen LogP) is 1.30. The lowest BCUT2D eigenvalue weighted by Gasteiger charge is -2.24. The van der Waals surface area contributed by atoms with Gasteiger partial charge in [-0.1, -0.05) is 6.07 Å². The summed E-state index contributed by atoms with van der Waals surface area (Å²) in [4.78, 5) is 12.1. The molecule has 0 heterocycles. The molecular formula is C14H19NO3. The number of nitrogens with two attached hydrogens (primary N) is 1. The number of ether oxygens (including phenoxy) is 2. The molecule has 0 aliphatic heterocycles. The molecule has 98 valence electrons. The highest BCUT2D eigenvalue weighted by molar-refractivity contribution is 5.79. The number of carbonyl (C=O) groups is 1.